The average molecular weight is 474 g/mol. The third-order valence-electron chi connectivity index (χ3n) is 5.56. The smallest absolute Gasteiger partial charge is 0.240 e. The van der Waals surface area contributed by atoms with E-state index in [4.69, 9.17) is 0 Å². The second-order valence-electron chi connectivity index (χ2n) is 7.74. The summed E-state index contributed by atoms with van der Waals surface area (Å²) in [6.45, 7) is 2.98. The molecule has 0 bridgehead atoms. The zero-order valence-corrected chi connectivity index (χ0v) is 19.2. The number of hydrogen-bond acceptors (Lipinski definition) is 5. The van der Waals surface area contributed by atoms with Crippen LogP contribution in [-0.2, 0) is 27.8 Å². The maximum absolute atomic E-state index is 14.3. The second kappa shape index (κ2) is 9.50. The molecule has 32 heavy (non-hydrogen) atoms. The van der Waals surface area contributed by atoms with Crippen LogP contribution in [0.3, 0.4) is 0 Å². The Bertz CT molecular complexity index is 1210. The van der Waals surface area contributed by atoms with Gasteiger partial charge < -0.3 is 5.32 Å². The fourth-order valence-electron chi connectivity index (χ4n) is 3.93. The Morgan fingerprint density at radius 3 is 2.66 bits per heavy atom. The highest BCUT2D eigenvalue weighted by molar-refractivity contribution is 7.89. The lowest BCUT2D eigenvalue weighted by Crippen LogP contribution is -2.40. The normalized spacial score (nSPS) is 15.2. The topological polar surface area (TPSA) is 78.5 Å². The van der Waals surface area contributed by atoms with Crippen LogP contribution in [0.15, 0.2) is 64.2 Å². The van der Waals surface area contributed by atoms with Gasteiger partial charge in [-0.05, 0) is 58.1 Å². The number of benzene rings is 2. The van der Waals surface area contributed by atoms with Crippen LogP contribution in [0.4, 0.5) is 10.1 Å². The molecule has 1 amide bonds. The van der Waals surface area contributed by atoms with Gasteiger partial charge in [-0.15, -0.1) is 0 Å². The number of nitrogens with one attached hydrogen (secondary N) is 2. The average Bonchev–Trinajstić information content (AvgIpc) is 3.29. The molecule has 1 aliphatic rings. The van der Waals surface area contributed by atoms with Crippen molar-refractivity contribution in [2.75, 3.05) is 18.4 Å². The lowest BCUT2D eigenvalue weighted by atomic mass is 9.97. The number of nitrogens with zero attached hydrogens (tertiary/aromatic N) is 1. The van der Waals surface area contributed by atoms with Crippen LogP contribution in [-0.4, -0.2) is 32.3 Å². The molecule has 1 unspecified atom stereocenters. The van der Waals surface area contributed by atoms with E-state index in [1.165, 1.54) is 30.2 Å². The summed E-state index contributed by atoms with van der Waals surface area (Å²) in [5, 5.41) is 6.34. The van der Waals surface area contributed by atoms with Crippen LogP contribution in [0.5, 0.6) is 0 Å². The lowest BCUT2D eigenvalue weighted by molar-refractivity contribution is -0.114. The summed E-state index contributed by atoms with van der Waals surface area (Å²) >= 11 is 1.57. The molecular formula is C23H24FN3O3S2. The molecule has 1 atom stereocenters. The number of rotatable bonds is 7. The Kier molecular flexibility index (Phi) is 6.71. The third kappa shape index (κ3) is 5.07. The molecule has 0 saturated carbocycles. The highest BCUT2D eigenvalue weighted by Crippen LogP contribution is 2.29. The van der Waals surface area contributed by atoms with E-state index in [9.17, 15) is 17.6 Å². The first-order chi connectivity index (χ1) is 15.3. The van der Waals surface area contributed by atoms with E-state index in [2.05, 4.69) is 27.1 Å². The molecule has 168 valence electrons. The molecule has 4 rings (SSSR count). The van der Waals surface area contributed by atoms with Gasteiger partial charge in [0.1, 0.15) is 5.82 Å². The standard InChI is InChI=1S/C23H24FN3O3S2/c1-16(28)26-22-7-6-20(12-21(22)24)32(29,30)25-13-23(19-9-11-31-15-19)27-10-8-17-4-2-3-5-18(17)14-27/h2-7,9,11-12,15,23,25H,8,10,13-14H2,1H3,(H,26,28). The molecule has 1 aromatic heterocycles. The van der Waals surface area contributed by atoms with E-state index >= 15 is 0 Å². The van der Waals surface area contributed by atoms with E-state index in [1.807, 2.05) is 29.0 Å². The van der Waals surface area contributed by atoms with Crippen LogP contribution in [0, 0.1) is 5.82 Å². The molecule has 9 heteroatoms. The number of amides is 1. The van der Waals surface area contributed by atoms with Gasteiger partial charge in [0.05, 0.1) is 10.6 Å². The quantitative estimate of drug-likeness (QED) is 0.545. The number of carbonyl (C=O) groups is 1. The first-order valence-corrected chi connectivity index (χ1v) is 12.7. The van der Waals surface area contributed by atoms with E-state index in [-0.39, 0.29) is 23.2 Å². The maximum Gasteiger partial charge on any atom is 0.240 e. The van der Waals surface area contributed by atoms with Crippen molar-refractivity contribution in [3.05, 3.63) is 81.8 Å². The van der Waals surface area contributed by atoms with Gasteiger partial charge >= 0.3 is 0 Å². The van der Waals surface area contributed by atoms with E-state index in [1.54, 1.807) is 11.3 Å². The summed E-state index contributed by atoms with van der Waals surface area (Å²) in [5.41, 5.74) is 3.56. The Morgan fingerprint density at radius 2 is 1.97 bits per heavy atom. The zero-order valence-electron chi connectivity index (χ0n) is 17.5. The number of fused-ring (bicyclic) bond motifs is 1. The highest BCUT2D eigenvalue weighted by Gasteiger charge is 2.27. The van der Waals surface area contributed by atoms with Crippen molar-refractivity contribution in [3.8, 4) is 0 Å². The van der Waals surface area contributed by atoms with Gasteiger partial charge in [0.15, 0.2) is 0 Å². The van der Waals surface area contributed by atoms with Gasteiger partial charge in [-0.3, -0.25) is 9.69 Å². The molecule has 2 N–H and O–H groups in total. The molecular weight excluding hydrogens is 449 g/mol. The van der Waals surface area contributed by atoms with Gasteiger partial charge in [-0.1, -0.05) is 24.3 Å². The van der Waals surface area contributed by atoms with Crippen LogP contribution in [0.25, 0.3) is 0 Å². The predicted molar refractivity (Wildman–Crippen MR) is 124 cm³/mol. The number of halogens is 1. The fraction of sp³-hybridized carbons (Fsp3) is 0.261. The molecule has 0 aliphatic carbocycles. The van der Waals surface area contributed by atoms with Crippen molar-refractivity contribution in [1.29, 1.82) is 0 Å². The minimum Gasteiger partial charge on any atom is -0.324 e. The largest absolute Gasteiger partial charge is 0.324 e. The first kappa shape index (κ1) is 22.6. The van der Waals surface area contributed by atoms with Gasteiger partial charge in [0, 0.05) is 32.6 Å². The zero-order chi connectivity index (χ0) is 22.7. The van der Waals surface area contributed by atoms with Gasteiger partial charge in [-0.25, -0.2) is 17.5 Å². The maximum atomic E-state index is 14.3. The first-order valence-electron chi connectivity index (χ1n) is 10.2. The van der Waals surface area contributed by atoms with E-state index in [0.717, 1.165) is 31.1 Å². The van der Waals surface area contributed by atoms with E-state index in [0.29, 0.717) is 0 Å². The van der Waals surface area contributed by atoms with Gasteiger partial charge in [0.25, 0.3) is 0 Å². The molecule has 0 fully saturated rings. The van der Waals surface area contributed by atoms with Crippen molar-refractivity contribution < 1.29 is 17.6 Å². The summed E-state index contributed by atoms with van der Waals surface area (Å²) in [5.74, 6) is -1.23. The van der Waals surface area contributed by atoms with Gasteiger partial charge in [0.2, 0.25) is 15.9 Å². The molecule has 6 nitrogen and oxygen atoms in total. The van der Waals surface area contributed by atoms with E-state index < -0.39 is 21.7 Å². The molecule has 2 aromatic carbocycles. The summed E-state index contributed by atoms with van der Waals surface area (Å²) in [6.07, 6.45) is 0.902. The molecule has 1 aliphatic heterocycles. The van der Waals surface area contributed by atoms with Crippen molar-refractivity contribution in [2.24, 2.45) is 0 Å². The monoisotopic (exact) mass is 473 g/mol. The SMILES string of the molecule is CC(=O)Nc1ccc(S(=O)(=O)NCC(c2ccsc2)N2CCc3ccccc3C2)cc1F. The number of thiophene rings is 1. The number of sulfonamides is 1. The minimum absolute atomic E-state index is 0.0559. The summed E-state index contributed by atoms with van der Waals surface area (Å²) in [6, 6.07) is 13.6. The summed E-state index contributed by atoms with van der Waals surface area (Å²) in [4.78, 5) is 13.2. The number of hydrogen-bond donors (Lipinski definition) is 2. The van der Waals surface area contributed by atoms with Crippen molar-refractivity contribution in [1.82, 2.24) is 9.62 Å². The third-order valence-corrected chi connectivity index (χ3v) is 7.68. The molecule has 0 saturated heterocycles. The van der Waals surface area contributed by atoms with Crippen molar-refractivity contribution >= 4 is 33.0 Å². The van der Waals surface area contributed by atoms with Crippen LogP contribution in [0.2, 0.25) is 0 Å². The second-order valence-corrected chi connectivity index (χ2v) is 10.3. The molecule has 2 heterocycles. The number of anilines is 1. The van der Waals surface area contributed by atoms with Crippen LogP contribution < -0.4 is 10.0 Å². The minimum atomic E-state index is -3.94. The highest BCUT2D eigenvalue weighted by atomic mass is 32.2. The predicted octanol–water partition coefficient (Wildman–Crippen LogP) is 3.92. The molecule has 3 aromatic rings. The van der Waals surface area contributed by atoms with Crippen LogP contribution in [0.1, 0.15) is 29.7 Å². The Morgan fingerprint density at radius 1 is 1.19 bits per heavy atom. The van der Waals surface area contributed by atoms with Gasteiger partial charge in [-0.2, -0.15) is 11.3 Å². The molecule has 0 radical (unpaired) electrons. The fourth-order valence-corrected chi connectivity index (χ4v) is 5.69. The molecule has 0 spiro atoms. The Hall–Kier alpha value is -2.59. The van der Waals surface area contributed by atoms with Crippen LogP contribution >= 0.6 is 11.3 Å². The lowest BCUT2D eigenvalue weighted by Gasteiger charge is -2.35. The summed E-state index contributed by atoms with van der Waals surface area (Å²) in [7, 11) is -3.94. The van der Waals surface area contributed by atoms with Crippen molar-refractivity contribution in [2.45, 2.75) is 30.8 Å². The number of carbonyl (C=O) groups excluding carboxylic acids is 1. The Balaban J connectivity index is 1.52. The summed E-state index contributed by atoms with van der Waals surface area (Å²) < 4.78 is 42.7. The van der Waals surface area contributed by atoms with Crippen molar-refractivity contribution in [3.63, 3.8) is 0 Å². The Labute approximate surface area is 191 Å².